The molecule has 2 rings (SSSR count). The first kappa shape index (κ1) is 14.4. The molecule has 19 heavy (non-hydrogen) atoms. The van der Waals surface area contributed by atoms with Crippen LogP contribution in [0.5, 0.6) is 0 Å². The van der Waals surface area contributed by atoms with Crippen molar-refractivity contribution in [2.45, 2.75) is 32.7 Å². The van der Waals surface area contributed by atoms with Crippen molar-refractivity contribution in [3.8, 4) is 0 Å². The second-order valence-electron chi connectivity index (χ2n) is 5.23. The molecule has 1 fully saturated rings. The summed E-state index contributed by atoms with van der Waals surface area (Å²) in [7, 11) is 0. The number of anilines is 1. The van der Waals surface area contributed by atoms with Crippen LogP contribution in [0, 0.1) is 5.92 Å². The Balaban J connectivity index is 2.58. The van der Waals surface area contributed by atoms with Gasteiger partial charge >= 0.3 is 0 Å². The highest BCUT2D eigenvalue weighted by Crippen LogP contribution is 2.41. The van der Waals surface area contributed by atoms with E-state index in [9.17, 15) is 9.59 Å². The Hall–Kier alpha value is -1.06. The summed E-state index contributed by atoms with van der Waals surface area (Å²) in [5, 5.41) is 0.875. The molecule has 0 N–H and O–H groups in total. The Bertz CT molecular complexity index is 556. The van der Waals surface area contributed by atoms with Crippen molar-refractivity contribution in [3.05, 3.63) is 28.2 Å². The van der Waals surface area contributed by atoms with Crippen LogP contribution >= 0.6 is 23.2 Å². The first-order valence-corrected chi connectivity index (χ1v) is 6.85. The summed E-state index contributed by atoms with van der Waals surface area (Å²) < 4.78 is 0. The monoisotopic (exact) mass is 299 g/mol. The molecule has 5 heteroatoms. The van der Waals surface area contributed by atoms with E-state index in [1.807, 2.05) is 13.8 Å². The SMILES string of the molecule is CC(C)C1(C)C(=O)CC(=O)N1c1ccc(Cl)cc1Cl. The largest absolute Gasteiger partial charge is 0.297 e. The quantitative estimate of drug-likeness (QED) is 0.781. The third-order valence-corrected chi connectivity index (χ3v) is 4.40. The molecule has 0 radical (unpaired) electrons. The van der Waals surface area contributed by atoms with Gasteiger partial charge in [-0.25, -0.2) is 0 Å². The molecule has 1 aromatic rings. The third-order valence-electron chi connectivity index (χ3n) is 3.87. The number of benzene rings is 1. The molecule has 1 heterocycles. The molecular formula is C14H15Cl2NO2. The van der Waals surface area contributed by atoms with Gasteiger partial charge in [-0.1, -0.05) is 37.0 Å². The van der Waals surface area contributed by atoms with Crippen LogP contribution in [0.2, 0.25) is 10.0 Å². The number of hydrogen-bond acceptors (Lipinski definition) is 2. The summed E-state index contributed by atoms with van der Waals surface area (Å²) in [5.41, 5.74) is -0.313. The first-order valence-electron chi connectivity index (χ1n) is 6.10. The second-order valence-corrected chi connectivity index (χ2v) is 6.07. The lowest BCUT2D eigenvalue weighted by Gasteiger charge is -2.37. The van der Waals surface area contributed by atoms with Crippen molar-refractivity contribution in [1.29, 1.82) is 0 Å². The Morgan fingerprint density at radius 2 is 1.89 bits per heavy atom. The van der Waals surface area contributed by atoms with Gasteiger partial charge in [0, 0.05) is 5.02 Å². The summed E-state index contributed by atoms with van der Waals surface area (Å²) in [4.78, 5) is 25.8. The molecule has 1 amide bonds. The summed E-state index contributed by atoms with van der Waals surface area (Å²) in [6, 6.07) is 4.93. The molecule has 0 spiro atoms. The first-order chi connectivity index (χ1) is 8.78. The molecule has 1 atom stereocenters. The predicted molar refractivity (Wildman–Crippen MR) is 76.8 cm³/mol. The van der Waals surface area contributed by atoms with Crippen LogP contribution < -0.4 is 4.90 Å². The molecule has 1 saturated heterocycles. The van der Waals surface area contributed by atoms with Gasteiger partial charge in [-0.2, -0.15) is 0 Å². The Labute approximate surface area is 122 Å². The van der Waals surface area contributed by atoms with Crippen molar-refractivity contribution in [1.82, 2.24) is 0 Å². The lowest BCUT2D eigenvalue weighted by Crippen LogP contribution is -2.51. The number of Topliss-reactive ketones (excluding diaryl/α,β-unsaturated/α-hetero) is 1. The molecular weight excluding hydrogens is 285 g/mol. The minimum atomic E-state index is -0.853. The molecule has 0 aliphatic carbocycles. The van der Waals surface area contributed by atoms with E-state index in [0.717, 1.165) is 0 Å². The highest BCUT2D eigenvalue weighted by Gasteiger charge is 2.51. The average Bonchev–Trinajstić information content (AvgIpc) is 2.52. The van der Waals surface area contributed by atoms with E-state index >= 15 is 0 Å². The van der Waals surface area contributed by atoms with E-state index in [0.29, 0.717) is 15.7 Å². The number of rotatable bonds is 2. The van der Waals surface area contributed by atoms with E-state index < -0.39 is 5.54 Å². The maximum atomic E-state index is 12.2. The van der Waals surface area contributed by atoms with Crippen LogP contribution in [0.25, 0.3) is 0 Å². The van der Waals surface area contributed by atoms with Crippen LogP contribution in [-0.2, 0) is 9.59 Å². The van der Waals surface area contributed by atoms with Gasteiger partial charge in [-0.3, -0.25) is 14.5 Å². The van der Waals surface area contributed by atoms with Crippen molar-refractivity contribution < 1.29 is 9.59 Å². The third kappa shape index (κ3) is 2.15. The number of ketones is 1. The fourth-order valence-electron chi connectivity index (χ4n) is 2.41. The highest BCUT2D eigenvalue weighted by atomic mass is 35.5. The fraction of sp³-hybridized carbons (Fsp3) is 0.429. The Morgan fingerprint density at radius 3 is 2.42 bits per heavy atom. The number of nitrogens with zero attached hydrogens (tertiary/aromatic N) is 1. The maximum absolute atomic E-state index is 12.2. The van der Waals surface area contributed by atoms with Crippen molar-refractivity contribution >= 4 is 40.6 Å². The summed E-state index contributed by atoms with van der Waals surface area (Å²) in [5.74, 6) is -0.290. The van der Waals surface area contributed by atoms with Gasteiger partial charge < -0.3 is 0 Å². The predicted octanol–water partition coefficient (Wildman–Crippen LogP) is 3.71. The van der Waals surface area contributed by atoms with Gasteiger partial charge in [0.25, 0.3) is 0 Å². The average molecular weight is 300 g/mol. The number of amides is 1. The zero-order valence-electron chi connectivity index (χ0n) is 11.0. The van der Waals surface area contributed by atoms with E-state index in [2.05, 4.69) is 0 Å². The summed E-state index contributed by atoms with van der Waals surface area (Å²) >= 11 is 12.0. The van der Waals surface area contributed by atoms with Crippen LogP contribution in [0.4, 0.5) is 5.69 Å². The van der Waals surface area contributed by atoms with Gasteiger partial charge in [0.15, 0.2) is 5.78 Å². The number of halogens is 2. The van der Waals surface area contributed by atoms with Gasteiger partial charge in [0.05, 0.1) is 17.1 Å². The molecule has 0 aromatic heterocycles. The topological polar surface area (TPSA) is 37.4 Å². The Kier molecular flexibility index (Phi) is 3.63. The smallest absolute Gasteiger partial charge is 0.235 e. The summed E-state index contributed by atoms with van der Waals surface area (Å²) in [6.45, 7) is 5.64. The minimum absolute atomic E-state index is 0.00167. The van der Waals surface area contributed by atoms with Crippen molar-refractivity contribution in [2.24, 2.45) is 5.92 Å². The molecule has 3 nitrogen and oxygen atoms in total. The van der Waals surface area contributed by atoms with Gasteiger partial charge in [0.1, 0.15) is 5.54 Å². The lowest BCUT2D eigenvalue weighted by molar-refractivity contribution is -0.123. The number of hydrogen-bond donors (Lipinski definition) is 0. The second kappa shape index (κ2) is 4.80. The van der Waals surface area contributed by atoms with Crippen LogP contribution in [-0.4, -0.2) is 17.2 Å². The van der Waals surface area contributed by atoms with Crippen LogP contribution in [0.15, 0.2) is 18.2 Å². The molecule has 1 aromatic carbocycles. The van der Waals surface area contributed by atoms with E-state index in [1.54, 1.807) is 25.1 Å². The molecule has 1 aliphatic rings. The number of carbonyl (C=O) groups excluding carboxylic acids is 2. The molecule has 0 saturated carbocycles. The van der Waals surface area contributed by atoms with E-state index in [4.69, 9.17) is 23.2 Å². The molecule has 1 unspecified atom stereocenters. The lowest BCUT2D eigenvalue weighted by atomic mass is 9.84. The van der Waals surface area contributed by atoms with E-state index in [-0.39, 0.29) is 24.0 Å². The van der Waals surface area contributed by atoms with E-state index in [1.165, 1.54) is 4.90 Å². The Morgan fingerprint density at radius 1 is 1.26 bits per heavy atom. The van der Waals surface area contributed by atoms with Crippen molar-refractivity contribution in [2.75, 3.05) is 4.90 Å². The fourth-order valence-corrected chi connectivity index (χ4v) is 2.90. The van der Waals surface area contributed by atoms with Crippen LogP contribution in [0.3, 0.4) is 0 Å². The minimum Gasteiger partial charge on any atom is -0.297 e. The molecule has 1 aliphatic heterocycles. The maximum Gasteiger partial charge on any atom is 0.235 e. The zero-order chi connectivity index (χ0) is 14.4. The molecule has 102 valence electrons. The standard InChI is InChI=1S/C14H15Cl2NO2/c1-8(2)14(3)12(18)7-13(19)17(14)11-5-4-9(15)6-10(11)16/h4-6,8H,7H2,1-3H3. The normalized spacial score (nSPS) is 23.6. The molecule has 0 bridgehead atoms. The van der Waals surface area contributed by atoms with Gasteiger partial charge in [-0.15, -0.1) is 0 Å². The summed E-state index contributed by atoms with van der Waals surface area (Å²) in [6.07, 6.45) is -0.0758. The van der Waals surface area contributed by atoms with Gasteiger partial charge in [0.2, 0.25) is 5.91 Å². The van der Waals surface area contributed by atoms with Crippen LogP contribution in [0.1, 0.15) is 27.2 Å². The number of carbonyl (C=O) groups is 2. The zero-order valence-corrected chi connectivity index (χ0v) is 12.5. The highest BCUT2D eigenvalue weighted by molar-refractivity contribution is 6.37. The van der Waals surface area contributed by atoms with Crippen molar-refractivity contribution in [3.63, 3.8) is 0 Å². The van der Waals surface area contributed by atoms with Gasteiger partial charge in [-0.05, 0) is 31.0 Å².